The lowest BCUT2D eigenvalue weighted by Crippen LogP contribution is -2.30. The maximum absolute atomic E-state index is 12.7. The molecule has 0 aliphatic rings. The zero-order chi connectivity index (χ0) is 27.1. The number of carbonyl (C=O) groups excluding carboxylic acids is 2. The zero-order valence-corrected chi connectivity index (χ0v) is 22.6. The van der Waals surface area contributed by atoms with E-state index in [-0.39, 0.29) is 10.5 Å². The predicted molar refractivity (Wildman–Crippen MR) is 148 cm³/mol. The van der Waals surface area contributed by atoms with Crippen molar-refractivity contribution >= 4 is 38.4 Å². The summed E-state index contributed by atoms with van der Waals surface area (Å²) in [5, 5.41) is 4.84. The van der Waals surface area contributed by atoms with Crippen molar-refractivity contribution in [3.63, 3.8) is 0 Å². The van der Waals surface area contributed by atoms with Crippen LogP contribution < -0.4 is 5.32 Å². The largest absolute Gasteiger partial charge is 0.452 e. The van der Waals surface area contributed by atoms with Gasteiger partial charge >= 0.3 is 5.97 Å². The Morgan fingerprint density at radius 1 is 0.895 bits per heavy atom. The lowest BCUT2D eigenvalue weighted by molar-refractivity contribution is -0.119. The van der Waals surface area contributed by atoms with Crippen LogP contribution in [0, 0.1) is 0 Å². The predicted octanol–water partition coefficient (Wildman–Crippen LogP) is 5.30. The Bertz CT molecular complexity index is 1510. The van der Waals surface area contributed by atoms with Gasteiger partial charge in [-0.15, -0.1) is 11.3 Å². The number of thiazole rings is 1. The summed E-state index contributed by atoms with van der Waals surface area (Å²) in [7, 11) is -3.73. The minimum absolute atomic E-state index is 0.00721. The summed E-state index contributed by atoms with van der Waals surface area (Å²) in [6.45, 7) is 3.57. The van der Waals surface area contributed by atoms with Gasteiger partial charge in [-0.1, -0.05) is 74.5 Å². The number of hydrogen-bond acceptors (Lipinski definition) is 7. The van der Waals surface area contributed by atoms with Gasteiger partial charge in [0.15, 0.2) is 11.7 Å². The number of hydrogen-bond donors (Lipinski definition) is 1. The van der Waals surface area contributed by atoms with Crippen molar-refractivity contribution in [3.05, 3.63) is 89.8 Å². The number of amides is 1. The molecule has 0 fully saturated rings. The quantitative estimate of drug-likeness (QED) is 0.269. The zero-order valence-electron chi connectivity index (χ0n) is 21.0. The Labute approximate surface area is 226 Å². The molecule has 4 rings (SSSR count). The lowest BCUT2D eigenvalue weighted by Gasteiger charge is -2.18. The van der Waals surface area contributed by atoms with E-state index in [1.165, 1.54) is 39.9 Å². The van der Waals surface area contributed by atoms with Gasteiger partial charge in [0.1, 0.15) is 0 Å². The van der Waals surface area contributed by atoms with Crippen LogP contribution in [0.5, 0.6) is 0 Å². The van der Waals surface area contributed by atoms with Gasteiger partial charge in [-0.25, -0.2) is 18.2 Å². The number of rotatable bonds is 10. The lowest BCUT2D eigenvalue weighted by atomic mass is 10.0. The molecule has 1 amide bonds. The molecule has 1 N–H and O–H groups in total. The van der Waals surface area contributed by atoms with Crippen LogP contribution in [-0.4, -0.2) is 49.3 Å². The van der Waals surface area contributed by atoms with Gasteiger partial charge < -0.3 is 4.74 Å². The molecule has 0 aliphatic heterocycles. The molecule has 1 heterocycles. The van der Waals surface area contributed by atoms with E-state index >= 15 is 0 Å². The average Bonchev–Trinajstić information content (AvgIpc) is 3.41. The fourth-order valence-electron chi connectivity index (χ4n) is 3.79. The van der Waals surface area contributed by atoms with E-state index in [0.29, 0.717) is 23.9 Å². The smallest absolute Gasteiger partial charge is 0.338 e. The van der Waals surface area contributed by atoms with Gasteiger partial charge in [-0.2, -0.15) is 4.31 Å². The molecule has 10 heteroatoms. The van der Waals surface area contributed by atoms with Crippen molar-refractivity contribution in [2.75, 3.05) is 25.0 Å². The van der Waals surface area contributed by atoms with Gasteiger partial charge in [-0.05, 0) is 29.3 Å². The molecule has 196 valence electrons. The van der Waals surface area contributed by atoms with Gasteiger partial charge in [0.2, 0.25) is 10.0 Å². The molecule has 0 saturated carbocycles. The van der Waals surface area contributed by atoms with E-state index < -0.39 is 28.5 Å². The molecule has 3 aromatic carbocycles. The summed E-state index contributed by atoms with van der Waals surface area (Å²) in [6, 6.07) is 23.6. The number of sulfonamides is 1. The first-order chi connectivity index (χ1) is 18.3. The van der Waals surface area contributed by atoms with Crippen molar-refractivity contribution in [1.29, 1.82) is 0 Å². The molecule has 0 aliphatic carbocycles. The van der Waals surface area contributed by atoms with Crippen molar-refractivity contribution < 1.29 is 22.7 Å². The standard InChI is InChI=1S/C28H27N3O5S2/c1-3-31(4-2)38(34,35)24-12-8-11-23(17-24)27(33)36-18-26(32)30-28-29-25(19-37-28)22-15-13-21(14-16-22)20-9-6-5-7-10-20/h5-17,19H,3-4,18H2,1-2H3,(H,29,30,32). The fraction of sp³-hybridized carbons (Fsp3) is 0.179. The second-order valence-electron chi connectivity index (χ2n) is 8.22. The molecule has 38 heavy (non-hydrogen) atoms. The Hall–Kier alpha value is -3.86. The van der Waals surface area contributed by atoms with Crippen LogP contribution in [0.4, 0.5) is 5.13 Å². The van der Waals surface area contributed by atoms with E-state index in [4.69, 9.17) is 4.74 Å². The van der Waals surface area contributed by atoms with Crippen molar-refractivity contribution in [2.45, 2.75) is 18.7 Å². The molecule has 1 aromatic heterocycles. The molecule has 0 bridgehead atoms. The third-order valence-electron chi connectivity index (χ3n) is 5.79. The molecule has 8 nitrogen and oxygen atoms in total. The summed E-state index contributed by atoms with van der Waals surface area (Å²) < 4.78 is 31.9. The second kappa shape index (κ2) is 12.1. The van der Waals surface area contributed by atoms with E-state index in [1.807, 2.05) is 60.0 Å². The highest BCUT2D eigenvalue weighted by Gasteiger charge is 2.23. The Morgan fingerprint density at radius 3 is 2.24 bits per heavy atom. The third kappa shape index (κ3) is 6.34. The van der Waals surface area contributed by atoms with E-state index in [1.54, 1.807) is 13.8 Å². The summed E-state index contributed by atoms with van der Waals surface area (Å²) >= 11 is 1.26. The Morgan fingerprint density at radius 2 is 1.55 bits per heavy atom. The van der Waals surface area contributed by atoms with Crippen LogP contribution in [0.3, 0.4) is 0 Å². The number of ether oxygens (including phenoxy) is 1. The van der Waals surface area contributed by atoms with Gasteiger partial charge in [0.05, 0.1) is 16.2 Å². The van der Waals surface area contributed by atoms with E-state index in [0.717, 1.165) is 16.7 Å². The SMILES string of the molecule is CCN(CC)S(=O)(=O)c1cccc(C(=O)OCC(=O)Nc2nc(-c3ccc(-c4ccccc4)cc3)cs2)c1. The van der Waals surface area contributed by atoms with Crippen LogP contribution in [0.15, 0.2) is 89.1 Å². The van der Waals surface area contributed by atoms with Crippen LogP contribution in [0.25, 0.3) is 22.4 Å². The van der Waals surface area contributed by atoms with Crippen molar-refractivity contribution in [1.82, 2.24) is 9.29 Å². The number of nitrogens with one attached hydrogen (secondary N) is 1. The average molecular weight is 550 g/mol. The number of aromatic nitrogens is 1. The number of benzene rings is 3. The number of esters is 1. The molecule has 0 saturated heterocycles. The van der Waals surface area contributed by atoms with E-state index in [2.05, 4.69) is 10.3 Å². The molecule has 0 spiro atoms. The molecule has 0 atom stereocenters. The van der Waals surface area contributed by atoms with Crippen molar-refractivity contribution in [2.24, 2.45) is 0 Å². The maximum Gasteiger partial charge on any atom is 0.338 e. The third-order valence-corrected chi connectivity index (χ3v) is 8.59. The summed E-state index contributed by atoms with van der Waals surface area (Å²) in [5.41, 5.74) is 3.88. The summed E-state index contributed by atoms with van der Waals surface area (Å²) in [4.78, 5) is 29.3. The van der Waals surface area contributed by atoms with Crippen LogP contribution >= 0.6 is 11.3 Å². The van der Waals surface area contributed by atoms with Gasteiger partial charge in [-0.3, -0.25) is 10.1 Å². The fourth-order valence-corrected chi connectivity index (χ4v) is 6.03. The maximum atomic E-state index is 12.7. The number of anilines is 1. The monoisotopic (exact) mass is 549 g/mol. The van der Waals surface area contributed by atoms with Gasteiger partial charge in [0, 0.05) is 24.0 Å². The van der Waals surface area contributed by atoms with Crippen LogP contribution in [0.2, 0.25) is 0 Å². The molecular weight excluding hydrogens is 522 g/mol. The number of carbonyl (C=O) groups is 2. The summed E-state index contributed by atoms with van der Waals surface area (Å²) in [6.07, 6.45) is 0. The topological polar surface area (TPSA) is 106 Å². The highest BCUT2D eigenvalue weighted by atomic mass is 32.2. The number of nitrogens with zero attached hydrogens (tertiary/aromatic N) is 2. The molecule has 0 unspecified atom stereocenters. The Balaban J connectivity index is 1.34. The minimum Gasteiger partial charge on any atom is -0.452 e. The second-order valence-corrected chi connectivity index (χ2v) is 11.0. The molecular formula is C28H27N3O5S2. The molecule has 4 aromatic rings. The highest BCUT2D eigenvalue weighted by molar-refractivity contribution is 7.89. The summed E-state index contributed by atoms with van der Waals surface area (Å²) in [5.74, 6) is -1.35. The van der Waals surface area contributed by atoms with Crippen LogP contribution in [0.1, 0.15) is 24.2 Å². The first kappa shape index (κ1) is 27.2. The van der Waals surface area contributed by atoms with Crippen LogP contribution in [-0.2, 0) is 19.6 Å². The Kier molecular flexibility index (Phi) is 8.67. The normalized spacial score (nSPS) is 11.3. The first-order valence-electron chi connectivity index (χ1n) is 12.0. The van der Waals surface area contributed by atoms with Crippen molar-refractivity contribution in [3.8, 4) is 22.4 Å². The first-order valence-corrected chi connectivity index (χ1v) is 14.3. The highest BCUT2D eigenvalue weighted by Crippen LogP contribution is 2.27. The van der Waals surface area contributed by atoms with Gasteiger partial charge in [0.25, 0.3) is 5.91 Å². The van der Waals surface area contributed by atoms with E-state index in [9.17, 15) is 18.0 Å². The molecule has 0 radical (unpaired) electrons. The minimum atomic E-state index is -3.73.